The first-order valence-electron chi connectivity index (χ1n) is 13.4. The Bertz CT molecular complexity index is 1520. The number of nitrogens with one attached hydrogen (secondary N) is 1. The van der Waals surface area contributed by atoms with Crippen LogP contribution in [0.1, 0.15) is 25.7 Å². The van der Waals surface area contributed by atoms with E-state index in [1.54, 1.807) is 18.3 Å². The first-order chi connectivity index (χ1) is 18.5. The maximum atomic E-state index is 16.4. The molecule has 4 aromatic rings. The summed E-state index contributed by atoms with van der Waals surface area (Å²) in [6, 6.07) is 10.4. The number of nitrogens with two attached hydrogens (primary N) is 1. The molecule has 6 heterocycles. The number of nitrogen functional groups attached to an aromatic ring is 1. The Hall–Kier alpha value is -3.63. The van der Waals surface area contributed by atoms with E-state index >= 15 is 4.39 Å². The summed E-state index contributed by atoms with van der Waals surface area (Å²) in [6.07, 6.45) is 6.17. The van der Waals surface area contributed by atoms with Gasteiger partial charge >= 0.3 is 6.01 Å². The average Bonchev–Trinajstić information content (AvgIpc) is 3.50. The lowest BCUT2D eigenvalue weighted by atomic mass is 10.0. The maximum Gasteiger partial charge on any atom is 0.319 e. The van der Waals surface area contributed by atoms with Crippen LogP contribution in [0.5, 0.6) is 6.01 Å². The number of aromatic nitrogens is 4. The SMILES string of the molecule is CN1CCC[C@H]1COc1nc(N2C[C@H]3CC[C@@H](C2)N3)c2ccc(-c3nc(N)cc4cccnc34)c(F)c2n1. The lowest BCUT2D eigenvalue weighted by Gasteiger charge is -2.34. The first kappa shape index (κ1) is 23.5. The van der Waals surface area contributed by atoms with Crippen LogP contribution in [0.15, 0.2) is 36.5 Å². The molecule has 0 saturated carbocycles. The van der Waals surface area contributed by atoms with Gasteiger partial charge in [0.25, 0.3) is 0 Å². The fourth-order valence-electron chi connectivity index (χ4n) is 6.24. The van der Waals surface area contributed by atoms with Gasteiger partial charge in [-0.1, -0.05) is 6.07 Å². The lowest BCUT2D eigenvalue weighted by molar-refractivity contribution is 0.188. The zero-order valence-corrected chi connectivity index (χ0v) is 21.4. The summed E-state index contributed by atoms with van der Waals surface area (Å²) < 4.78 is 22.6. The predicted molar refractivity (Wildman–Crippen MR) is 146 cm³/mol. The molecule has 3 N–H and O–H groups in total. The third-order valence-electron chi connectivity index (χ3n) is 8.22. The number of fused-ring (bicyclic) bond motifs is 4. The van der Waals surface area contributed by atoms with E-state index < -0.39 is 5.82 Å². The summed E-state index contributed by atoms with van der Waals surface area (Å²) in [5, 5.41) is 5.13. The fourth-order valence-corrected chi connectivity index (χ4v) is 6.24. The Morgan fingerprint density at radius 2 is 1.92 bits per heavy atom. The summed E-state index contributed by atoms with van der Waals surface area (Å²) in [4.78, 5) is 22.9. The normalized spacial score (nSPS) is 23.5. The third kappa shape index (κ3) is 4.08. The molecule has 0 spiro atoms. The summed E-state index contributed by atoms with van der Waals surface area (Å²) in [5.41, 5.74) is 7.61. The second-order valence-corrected chi connectivity index (χ2v) is 10.8. The average molecular weight is 515 g/mol. The molecule has 9 nitrogen and oxygen atoms in total. The highest BCUT2D eigenvalue weighted by Gasteiger charge is 2.34. The van der Waals surface area contributed by atoms with Crippen LogP contribution in [0.25, 0.3) is 33.1 Å². The second-order valence-electron chi connectivity index (χ2n) is 10.8. The van der Waals surface area contributed by atoms with E-state index in [0.29, 0.717) is 52.7 Å². The number of rotatable bonds is 5. The summed E-state index contributed by atoms with van der Waals surface area (Å²) in [6.45, 7) is 3.17. The predicted octanol–water partition coefficient (Wildman–Crippen LogP) is 3.37. The van der Waals surface area contributed by atoms with Gasteiger partial charge < -0.3 is 25.6 Å². The van der Waals surface area contributed by atoms with E-state index in [9.17, 15) is 0 Å². The van der Waals surface area contributed by atoms with Crippen LogP contribution in [0.4, 0.5) is 16.0 Å². The molecule has 7 rings (SSSR count). The monoisotopic (exact) mass is 514 g/mol. The zero-order chi connectivity index (χ0) is 25.8. The Morgan fingerprint density at radius 3 is 2.71 bits per heavy atom. The molecule has 3 aliphatic heterocycles. The van der Waals surface area contributed by atoms with Crippen LogP contribution < -0.4 is 20.7 Å². The molecule has 3 saturated heterocycles. The largest absolute Gasteiger partial charge is 0.462 e. The highest BCUT2D eigenvalue weighted by Crippen LogP contribution is 2.36. The maximum absolute atomic E-state index is 16.4. The van der Waals surface area contributed by atoms with Gasteiger partial charge in [0, 0.05) is 53.7 Å². The third-order valence-corrected chi connectivity index (χ3v) is 8.22. The molecule has 10 heteroatoms. The molecule has 0 aliphatic carbocycles. The van der Waals surface area contributed by atoms with Crippen molar-refractivity contribution in [3.05, 3.63) is 42.3 Å². The number of hydrogen-bond acceptors (Lipinski definition) is 9. The Morgan fingerprint density at radius 1 is 1.08 bits per heavy atom. The topological polar surface area (TPSA) is 105 Å². The number of anilines is 2. The number of piperazine rings is 1. The van der Waals surface area contributed by atoms with Gasteiger partial charge in [-0.25, -0.2) is 9.37 Å². The van der Waals surface area contributed by atoms with Crippen LogP contribution >= 0.6 is 0 Å². The minimum atomic E-state index is -0.475. The summed E-state index contributed by atoms with van der Waals surface area (Å²) in [5.74, 6) is 0.554. The van der Waals surface area contributed by atoms with Crippen molar-refractivity contribution in [2.75, 3.05) is 43.9 Å². The number of benzene rings is 1. The summed E-state index contributed by atoms with van der Waals surface area (Å²) in [7, 11) is 2.10. The first-order valence-corrected chi connectivity index (χ1v) is 13.4. The molecule has 0 amide bonds. The molecule has 0 unspecified atom stereocenters. The number of likely N-dealkylation sites (tertiary alicyclic amines) is 1. The van der Waals surface area contributed by atoms with Crippen LogP contribution in [-0.2, 0) is 0 Å². The van der Waals surface area contributed by atoms with E-state index in [-0.39, 0.29) is 11.5 Å². The number of ether oxygens (including phenoxy) is 1. The smallest absolute Gasteiger partial charge is 0.319 e. The molecule has 2 bridgehead atoms. The van der Waals surface area contributed by atoms with Crippen molar-refractivity contribution in [2.45, 2.75) is 43.8 Å². The van der Waals surface area contributed by atoms with Crippen molar-refractivity contribution >= 4 is 33.4 Å². The quantitative estimate of drug-likeness (QED) is 0.415. The molecule has 0 radical (unpaired) electrons. The van der Waals surface area contributed by atoms with Crippen molar-refractivity contribution < 1.29 is 9.13 Å². The van der Waals surface area contributed by atoms with Crippen molar-refractivity contribution in [2.24, 2.45) is 0 Å². The van der Waals surface area contributed by atoms with Gasteiger partial charge in [-0.3, -0.25) is 4.98 Å². The van der Waals surface area contributed by atoms with Gasteiger partial charge in [0.05, 0.1) is 5.52 Å². The lowest BCUT2D eigenvalue weighted by Crippen LogP contribution is -2.51. The van der Waals surface area contributed by atoms with Gasteiger partial charge in [0.15, 0.2) is 5.82 Å². The molecule has 3 fully saturated rings. The van der Waals surface area contributed by atoms with Gasteiger partial charge in [-0.2, -0.15) is 9.97 Å². The van der Waals surface area contributed by atoms with E-state index in [1.165, 1.54) is 0 Å². The second kappa shape index (κ2) is 9.28. The highest BCUT2D eigenvalue weighted by atomic mass is 19.1. The Labute approximate surface area is 220 Å². The fraction of sp³-hybridized carbons (Fsp3) is 0.429. The van der Waals surface area contributed by atoms with Crippen molar-refractivity contribution in [3.8, 4) is 17.3 Å². The van der Waals surface area contributed by atoms with E-state index in [0.717, 1.165) is 56.5 Å². The van der Waals surface area contributed by atoms with Gasteiger partial charge in [0.1, 0.15) is 29.5 Å². The standard InChI is InChI=1S/C28H31FN8O/c1-36-11-3-5-19(36)15-38-28-34-25-21(27(35-28)37-13-17-6-7-18(14-37)32-17)9-8-20(23(25)29)26-24-16(4-2-10-31-24)12-22(30)33-26/h2,4,8-10,12,17-19,32H,3,5-7,11,13-15H2,1H3,(H2,30,33)/t17-,18+,19-/m0/s1. The van der Waals surface area contributed by atoms with E-state index in [1.807, 2.05) is 18.2 Å². The number of likely N-dealkylation sites (N-methyl/N-ethyl adjacent to an activating group) is 1. The molecule has 3 aromatic heterocycles. The minimum absolute atomic E-state index is 0.207. The van der Waals surface area contributed by atoms with Gasteiger partial charge in [0.2, 0.25) is 0 Å². The van der Waals surface area contributed by atoms with Crippen molar-refractivity contribution in [3.63, 3.8) is 0 Å². The van der Waals surface area contributed by atoms with Crippen molar-refractivity contribution in [1.82, 2.24) is 30.2 Å². The number of hydrogen-bond donors (Lipinski definition) is 2. The van der Waals surface area contributed by atoms with Crippen LogP contribution in [0.3, 0.4) is 0 Å². The van der Waals surface area contributed by atoms with E-state index in [2.05, 4.69) is 37.1 Å². The van der Waals surface area contributed by atoms with Gasteiger partial charge in [-0.15, -0.1) is 0 Å². The zero-order valence-electron chi connectivity index (χ0n) is 21.4. The van der Waals surface area contributed by atoms with E-state index in [4.69, 9.17) is 15.5 Å². The molecule has 3 aliphatic rings. The molecule has 38 heavy (non-hydrogen) atoms. The minimum Gasteiger partial charge on any atom is -0.462 e. The highest BCUT2D eigenvalue weighted by molar-refractivity contribution is 5.98. The van der Waals surface area contributed by atoms with Crippen molar-refractivity contribution in [1.29, 1.82) is 0 Å². The molecule has 196 valence electrons. The number of nitrogens with zero attached hydrogens (tertiary/aromatic N) is 6. The van der Waals surface area contributed by atoms with Crippen LogP contribution in [0, 0.1) is 5.82 Å². The summed E-state index contributed by atoms with van der Waals surface area (Å²) >= 11 is 0. The molecule has 1 aromatic carbocycles. The van der Waals surface area contributed by atoms with Crippen LogP contribution in [-0.4, -0.2) is 76.3 Å². The molecule has 3 atom stereocenters. The molecular weight excluding hydrogens is 483 g/mol. The van der Waals surface area contributed by atoms with Crippen LogP contribution in [0.2, 0.25) is 0 Å². The Balaban J connectivity index is 1.36. The van der Waals surface area contributed by atoms with Gasteiger partial charge in [-0.05, 0) is 63.5 Å². The number of halogens is 1. The number of pyridine rings is 2. The Kier molecular flexibility index (Phi) is 5.74. The molecular formula is C28H31FN8O.